The molecule has 174 valence electrons. The number of rotatable bonds is 7. The maximum absolute atomic E-state index is 15.2. The van der Waals surface area contributed by atoms with Crippen molar-refractivity contribution in [2.75, 3.05) is 31.1 Å². The summed E-state index contributed by atoms with van der Waals surface area (Å²) in [7, 11) is 0. The quantitative estimate of drug-likeness (QED) is 0.446. The number of hydrogen-bond acceptors (Lipinski definition) is 3. The molecular formula is C28H34FN3O. The Kier molecular flexibility index (Phi) is 6.50. The van der Waals surface area contributed by atoms with Gasteiger partial charge in [-0.15, -0.1) is 0 Å². The van der Waals surface area contributed by atoms with Gasteiger partial charge in [-0.05, 0) is 80.4 Å². The fraction of sp³-hybridized carbons (Fsp3) is 0.464. The summed E-state index contributed by atoms with van der Waals surface area (Å²) < 4.78 is 16.7. The minimum Gasteiger partial charge on any atom is -0.368 e. The van der Waals surface area contributed by atoms with Crippen molar-refractivity contribution in [3.8, 4) is 5.69 Å². The van der Waals surface area contributed by atoms with Crippen LogP contribution in [0.2, 0.25) is 0 Å². The van der Waals surface area contributed by atoms with E-state index >= 15 is 4.39 Å². The molecule has 0 spiro atoms. The lowest BCUT2D eigenvalue weighted by Gasteiger charge is -2.25. The molecule has 2 fully saturated rings. The smallest absolute Gasteiger partial charge is 0.262 e. The number of anilines is 1. The second-order valence-corrected chi connectivity index (χ2v) is 9.64. The molecule has 0 saturated carbocycles. The minimum atomic E-state index is -0.257. The van der Waals surface area contributed by atoms with Crippen LogP contribution in [0.25, 0.3) is 16.5 Å². The van der Waals surface area contributed by atoms with Gasteiger partial charge in [0.25, 0.3) is 5.56 Å². The lowest BCUT2D eigenvalue weighted by atomic mass is 10.0. The van der Waals surface area contributed by atoms with E-state index in [1.165, 1.54) is 56.8 Å². The molecule has 0 aliphatic carbocycles. The molecule has 2 saturated heterocycles. The van der Waals surface area contributed by atoms with E-state index < -0.39 is 0 Å². The molecule has 3 heterocycles. The third kappa shape index (κ3) is 4.56. The summed E-state index contributed by atoms with van der Waals surface area (Å²) in [5.74, 6) is -0.257. The van der Waals surface area contributed by atoms with E-state index in [9.17, 15) is 4.79 Å². The third-order valence-corrected chi connectivity index (χ3v) is 7.41. The largest absolute Gasteiger partial charge is 0.368 e. The van der Waals surface area contributed by atoms with Crippen molar-refractivity contribution in [3.63, 3.8) is 0 Å². The van der Waals surface area contributed by atoms with Crippen LogP contribution in [0.15, 0.2) is 53.5 Å². The van der Waals surface area contributed by atoms with Gasteiger partial charge in [-0.1, -0.05) is 31.9 Å². The molecule has 5 heteroatoms. The summed E-state index contributed by atoms with van der Waals surface area (Å²) in [5, 5.41) is 1.63. The molecule has 0 unspecified atom stereocenters. The number of aryl methyl sites for hydroxylation is 1. The number of benzene rings is 2. The molecule has 1 aromatic heterocycles. The van der Waals surface area contributed by atoms with Crippen LogP contribution in [0.1, 0.15) is 51.0 Å². The second kappa shape index (κ2) is 9.68. The first kappa shape index (κ1) is 22.1. The number of aromatic nitrogens is 1. The molecule has 0 N–H and O–H groups in total. The maximum Gasteiger partial charge on any atom is 0.262 e. The summed E-state index contributed by atoms with van der Waals surface area (Å²) in [6.45, 7) is 6.31. The number of likely N-dealkylation sites (tertiary alicyclic amines) is 1. The molecule has 0 bridgehead atoms. The summed E-state index contributed by atoms with van der Waals surface area (Å²) in [5.41, 5.74) is 2.38. The Labute approximate surface area is 195 Å². The van der Waals surface area contributed by atoms with Crippen molar-refractivity contribution in [2.45, 2.75) is 57.9 Å². The number of nitrogens with zero attached hydrogens (tertiary/aromatic N) is 3. The topological polar surface area (TPSA) is 28.5 Å². The van der Waals surface area contributed by atoms with Crippen molar-refractivity contribution in [2.24, 2.45) is 0 Å². The molecule has 2 aliphatic rings. The van der Waals surface area contributed by atoms with Gasteiger partial charge in [0.05, 0.1) is 11.4 Å². The summed E-state index contributed by atoms with van der Waals surface area (Å²) in [6, 6.07) is 13.8. The molecule has 5 rings (SSSR count). The predicted molar refractivity (Wildman–Crippen MR) is 134 cm³/mol. The fourth-order valence-corrected chi connectivity index (χ4v) is 5.50. The molecule has 0 amide bonds. The number of hydrogen-bond donors (Lipinski definition) is 0. The van der Waals surface area contributed by atoms with Crippen LogP contribution in [0.5, 0.6) is 0 Å². The lowest BCUT2D eigenvalue weighted by Crippen LogP contribution is -2.35. The fourth-order valence-electron chi connectivity index (χ4n) is 5.50. The molecule has 4 nitrogen and oxygen atoms in total. The zero-order valence-corrected chi connectivity index (χ0v) is 19.6. The first-order valence-corrected chi connectivity index (χ1v) is 12.6. The van der Waals surface area contributed by atoms with Crippen molar-refractivity contribution in [1.82, 2.24) is 9.47 Å². The van der Waals surface area contributed by atoms with Crippen LogP contribution in [0.4, 0.5) is 10.1 Å². The number of halogens is 1. The Bertz CT molecular complexity index is 1180. The minimum absolute atomic E-state index is 0.102. The third-order valence-electron chi connectivity index (χ3n) is 7.41. The zero-order valence-electron chi connectivity index (χ0n) is 19.6. The highest BCUT2D eigenvalue weighted by Crippen LogP contribution is 2.28. The molecule has 2 aliphatic heterocycles. The molecule has 2 aromatic carbocycles. The van der Waals surface area contributed by atoms with Crippen molar-refractivity contribution < 1.29 is 4.39 Å². The van der Waals surface area contributed by atoms with E-state index in [0.717, 1.165) is 31.3 Å². The van der Waals surface area contributed by atoms with E-state index in [2.05, 4.69) is 28.9 Å². The number of unbranched alkanes of at least 4 members (excludes halogenated alkanes) is 2. The van der Waals surface area contributed by atoms with Gasteiger partial charge in [0, 0.05) is 36.8 Å². The van der Waals surface area contributed by atoms with Crippen LogP contribution in [-0.4, -0.2) is 41.7 Å². The lowest BCUT2D eigenvalue weighted by molar-refractivity contribution is 0.260. The predicted octanol–water partition coefficient (Wildman–Crippen LogP) is 5.54. The van der Waals surface area contributed by atoms with Gasteiger partial charge in [-0.3, -0.25) is 14.3 Å². The maximum atomic E-state index is 15.2. The van der Waals surface area contributed by atoms with Crippen molar-refractivity contribution >= 4 is 16.5 Å². The van der Waals surface area contributed by atoms with Crippen LogP contribution in [0.3, 0.4) is 0 Å². The van der Waals surface area contributed by atoms with E-state index in [-0.39, 0.29) is 11.4 Å². The van der Waals surface area contributed by atoms with Gasteiger partial charge < -0.3 is 4.90 Å². The normalized spacial score (nSPS) is 19.1. The Morgan fingerprint density at radius 2 is 1.85 bits per heavy atom. The molecule has 3 aromatic rings. The molecule has 0 radical (unpaired) electrons. The molecule has 1 atom stereocenters. The van der Waals surface area contributed by atoms with Crippen LogP contribution in [0, 0.1) is 5.82 Å². The van der Waals surface area contributed by atoms with Crippen molar-refractivity contribution in [3.05, 3.63) is 70.4 Å². The highest BCUT2D eigenvalue weighted by molar-refractivity contribution is 5.82. The van der Waals surface area contributed by atoms with E-state index in [1.54, 1.807) is 10.8 Å². The van der Waals surface area contributed by atoms with E-state index in [1.807, 2.05) is 24.3 Å². The van der Waals surface area contributed by atoms with E-state index in [4.69, 9.17) is 0 Å². The van der Waals surface area contributed by atoms with Gasteiger partial charge in [0.2, 0.25) is 0 Å². The summed E-state index contributed by atoms with van der Waals surface area (Å²) in [4.78, 5) is 17.9. The Hall–Kier alpha value is -2.66. The van der Waals surface area contributed by atoms with Crippen LogP contribution >= 0.6 is 0 Å². The second-order valence-electron chi connectivity index (χ2n) is 9.64. The Morgan fingerprint density at radius 1 is 1.00 bits per heavy atom. The van der Waals surface area contributed by atoms with E-state index in [0.29, 0.717) is 22.8 Å². The number of fused-ring (bicyclic) bond motifs is 1. The first-order chi connectivity index (χ1) is 16.1. The SMILES string of the molecule is CCCCCc1ccc2c(=O)n(-c3ccc(N4CC[C@@H](N5CCCC5)C4)c(F)c3)ccc2c1. The Balaban J connectivity index is 1.36. The first-order valence-electron chi connectivity index (χ1n) is 12.6. The average Bonchev–Trinajstić information content (AvgIpc) is 3.52. The Morgan fingerprint density at radius 3 is 2.64 bits per heavy atom. The summed E-state index contributed by atoms with van der Waals surface area (Å²) >= 11 is 0. The van der Waals surface area contributed by atoms with Crippen molar-refractivity contribution in [1.29, 1.82) is 0 Å². The molecule has 33 heavy (non-hydrogen) atoms. The summed E-state index contributed by atoms with van der Waals surface area (Å²) in [6.07, 6.45) is 10.0. The van der Waals surface area contributed by atoms with Gasteiger partial charge in [0.15, 0.2) is 0 Å². The van der Waals surface area contributed by atoms with Gasteiger partial charge in [0.1, 0.15) is 5.82 Å². The number of pyridine rings is 1. The zero-order chi connectivity index (χ0) is 22.8. The highest BCUT2D eigenvalue weighted by atomic mass is 19.1. The van der Waals surface area contributed by atoms with Gasteiger partial charge >= 0.3 is 0 Å². The average molecular weight is 448 g/mol. The van der Waals surface area contributed by atoms with Gasteiger partial charge in [-0.25, -0.2) is 4.39 Å². The monoisotopic (exact) mass is 447 g/mol. The standard InChI is InChI=1S/C28H34FN3O/c1-2-3-4-7-21-8-10-25-22(18-21)12-17-32(28(25)33)23-9-11-27(26(29)19-23)31-16-13-24(20-31)30-14-5-6-15-30/h8-12,17-19,24H,2-7,13-16,20H2,1H3/t24-/m1/s1. The van der Waals surface area contributed by atoms with Crippen LogP contribution in [-0.2, 0) is 6.42 Å². The van der Waals surface area contributed by atoms with Gasteiger partial charge in [-0.2, -0.15) is 0 Å². The molecular weight excluding hydrogens is 413 g/mol. The highest BCUT2D eigenvalue weighted by Gasteiger charge is 2.30. The van der Waals surface area contributed by atoms with Crippen LogP contribution < -0.4 is 10.5 Å².